The van der Waals surface area contributed by atoms with Crippen molar-refractivity contribution >= 4 is 34.8 Å². The maximum atomic E-state index is 10.9. The number of hydrogen-bond acceptors (Lipinski definition) is 5. The summed E-state index contributed by atoms with van der Waals surface area (Å²) in [6, 6.07) is 14.9. The zero-order valence-corrected chi connectivity index (χ0v) is 16.6. The average molecular weight is 399 g/mol. The van der Waals surface area contributed by atoms with Crippen molar-refractivity contribution in [1.29, 1.82) is 0 Å². The molecule has 0 aliphatic heterocycles. The van der Waals surface area contributed by atoms with Gasteiger partial charge in [-0.15, -0.1) is 12.4 Å². The van der Waals surface area contributed by atoms with Crippen LogP contribution in [-0.4, -0.2) is 28.0 Å². The van der Waals surface area contributed by atoms with Crippen LogP contribution in [0.2, 0.25) is 0 Å². The predicted octanol–water partition coefficient (Wildman–Crippen LogP) is 5.40. The molecule has 146 valence electrons. The quantitative estimate of drug-likeness (QED) is 0.434. The van der Waals surface area contributed by atoms with Crippen molar-refractivity contribution < 1.29 is 4.92 Å². The summed E-state index contributed by atoms with van der Waals surface area (Å²) in [5.41, 5.74) is 1.74. The van der Waals surface area contributed by atoms with Gasteiger partial charge in [-0.3, -0.25) is 10.1 Å². The van der Waals surface area contributed by atoms with Crippen LogP contribution in [0.25, 0.3) is 22.3 Å². The van der Waals surface area contributed by atoms with Gasteiger partial charge >= 0.3 is 0 Å². The van der Waals surface area contributed by atoms with Crippen molar-refractivity contribution in [3.05, 3.63) is 58.6 Å². The molecule has 0 unspecified atom stereocenters. The normalized spacial score (nSPS) is 14.5. The van der Waals surface area contributed by atoms with E-state index in [-0.39, 0.29) is 18.1 Å². The lowest BCUT2D eigenvalue weighted by Crippen LogP contribution is -2.34. The van der Waals surface area contributed by atoms with Gasteiger partial charge in [0.25, 0.3) is 5.69 Å². The number of rotatable bonds is 4. The Labute approximate surface area is 170 Å². The first-order valence-corrected chi connectivity index (χ1v) is 9.38. The molecule has 0 radical (unpaired) electrons. The van der Waals surface area contributed by atoms with E-state index in [9.17, 15) is 10.1 Å². The number of hydrogen-bond donors (Lipinski definition) is 0. The molecular formula is C21H23ClN4O2. The third-order valence-corrected chi connectivity index (χ3v) is 5.38. The van der Waals surface area contributed by atoms with Gasteiger partial charge in [-0.05, 0) is 37.1 Å². The highest BCUT2D eigenvalue weighted by atomic mass is 35.5. The van der Waals surface area contributed by atoms with Crippen LogP contribution in [0.1, 0.15) is 32.1 Å². The number of nitro groups is 1. The van der Waals surface area contributed by atoms with Crippen molar-refractivity contribution in [1.82, 2.24) is 9.97 Å². The highest BCUT2D eigenvalue weighted by Gasteiger charge is 2.22. The van der Waals surface area contributed by atoms with Gasteiger partial charge in [-0.25, -0.2) is 9.97 Å². The molecular weight excluding hydrogens is 376 g/mol. The third kappa shape index (κ3) is 3.92. The van der Waals surface area contributed by atoms with E-state index in [1.165, 1.54) is 44.2 Å². The number of benzene rings is 2. The number of nitrogens with zero attached hydrogens (tertiary/aromatic N) is 4. The Morgan fingerprint density at radius 1 is 1.00 bits per heavy atom. The number of non-ortho nitro benzene ring substituents is 1. The van der Waals surface area contributed by atoms with Crippen molar-refractivity contribution in [3.63, 3.8) is 0 Å². The number of para-hydroxylation sites is 1. The fourth-order valence-electron chi connectivity index (χ4n) is 3.83. The first-order valence-electron chi connectivity index (χ1n) is 9.38. The van der Waals surface area contributed by atoms with E-state index in [1.54, 1.807) is 12.1 Å². The van der Waals surface area contributed by atoms with Crippen LogP contribution in [0.4, 0.5) is 11.5 Å². The first-order chi connectivity index (χ1) is 13.1. The second-order valence-electron chi connectivity index (χ2n) is 7.09. The second kappa shape index (κ2) is 8.52. The number of aromatic nitrogens is 2. The summed E-state index contributed by atoms with van der Waals surface area (Å²) in [6.07, 6.45) is 6.19. The first kappa shape index (κ1) is 20.0. The van der Waals surface area contributed by atoms with Gasteiger partial charge in [0.2, 0.25) is 0 Å². The molecule has 4 rings (SSSR count). The molecule has 0 N–H and O–H groups in total. The Morgan fingerprint density at radius 2 is 1.68 bits per heavy atom. The largest absolute Gasteiger partial charge is 0.356 e. The Morgan fingerprint density at radius 3 is 2.36 bits per heavy atom. The maximum absolute atomic E-state index is 10.9. The lowest BCUT2D eigenvalue weighted by atomic mass is 9.94. The molecule has 2 aromatic carbocycles. The van der Waals surface area contributed by atoms with Crippen molar-refractivity contribution in [3.8, 4) is 11.4 Å². The lowest BCUT2D eigenvalue weighted by molar-refractivity contribution is -0.384. The summed E-state index contributed by atoms with van der Waals surface area (Å²) in [6.45, 7) is 0. The summed E-state index contributed by atoms with van der Waals surface area (Å²) >= 11 is 0. The van der Waals surface area contributed by atoms with Crippen molar-refractivity contribution in [2.45, 2.75) is 38.1 Å². The monoisotopic (exact) mass is 398 g/mol. The summed E-state index contributed by atoms with van der Waals surface area (Å²) < 4.78 is 0. The standard InChI is InChI=1S/C21H22N4O2.ClH/c1-24(16-7-3-2-4-8-16)21-18-9-5-6-10-19(18)22-20(23-21)15-11-13-17(14-12-15)25(26)27;/h5-6,9-14,16H,2-4,7-8H2,1H3;1H. The molecule has 3 aromatic rings. The van der Waals surface area contributed by atoms with Crippen LogP contribution < -0.4 is 4.90 Å². The molecule has 1 aliphatic rings. The molecule has 0 bridgehead atoms. The fourth-order valence-corrected chi connectivity index (χ4v) is 3.83. The summed E-state index contributed by atoms with van der Waals surface area (Å²) in [5, 5.41) is 11.9. The van der Waals surface area contributed by atoms with E-state index in [0.29, 0.717) is 11.9 Å². The van der Waals surface area contributed by atoms with Crippen LogP contribution in [-0.2, 0) is 0 Å². The molecule has 0 spiro atoms. The minimum atomic E-state index is -0.396. The van der Waals surface area contributed by atoms with Gasteiger partial charge in [0.05, 0.1) is 10.4 Å². The topological polar surface area (TPSA) is 72.2 Å². The van der Waals surface area contributed by atoms with Crippen LogP contribution in [0.15, 0.2) is 48.5 Å². The van der Waals surface area contributed by atoms with E-state index in [2.05, 4.69) is 18.0 Å². The smallest absolute Gasteiger partial charge is 0.269 e. The second-order valence-corrected chi connectivity index (χ2v) is 7.09. The Balaban J connectivity index is 0.00000225. The highest BCUT2D eigenvalue weighted by molar-refractivity contribution is 5.91. The van der Waals surface area contributed by atoms with Gasteiger partial charge < -0.3 is 4.90 Å². The number of fused-ring (bicyclic) bond motifs is 1. The molecule has 7 heteroatoms. The Kier molecular flexibility index (Phi) is 6.09. The molecule has 0 amide bonds. The molecule has 1 aromatic heterocycles. The van der Waals surface area contributed by atoms with E-state index in [0.717, 1.165) is 22.3 Å². The predicted molar refractivity (Wildman–Crippen MR) is 114 cm³/mol. The van der Waals surface area contributed by atoms with Gasteiger partial charge in [0.15, 0.2) is 5.82 Å². The Hall–Kier alpha value is -2.73. The molecule has 1 saturated carbocycles. The van der Waals surface area contributed by atoms with E-state index < -0.39 is 4.92 Å². The minimum Gasteiger partial charge on any atom is -0.356 e. The van der Waals surface area contributed by atoms with Crippen LogP contribution in [0, 0.1) is 10.1 Å². The summed E-state index contributed by atoms with van der Waals surface area (Å²) in [4.78, 5) is 22.4. The SMILES string of the molecule is CN(c1nc(-c2ccc([N+](=O)[O-])cc2)nc2ccccc12)C1CCCCC1.Cl. The molecule has 1 fully saturated rings. The highest BCUT2D eigenvalue weighted by Crippen LogP contribution is 2.31. The summed E-state index contributed by atoms with van der Waals surface area (Å²) in [5.74, 6) is 1.53. The van der Waals surface area contributed by atoms with Crippen LogP contribution in [0.3, 0.4) is 0 Å². The maximum Gasteiger partial charge on any atom is 0.269 e. The third-order valence-electron chi connectivity index (χ3n) is 5.38. The van der Waals surface area contributed by atoms with Crippen molar-refractivity contribution in [2.24, 2.45) is 0 Å². The lowest BCUT2D eigenvalue weighted by Gasteiger charge is -2.32. The molecule has 1 aliphatic carbocycles. The van der Waals surface area contributed by atoms with Gasteiger partial charge in [-0.2, -0.15) is 0 Å². The average Bonchev–Trinajstić information content (AvgIpc) is 2.73. The molecule has 6 nitrogen and oxygen atoms in total. The van der Waals surface area contributed by atoms with Gasteiger partial charge in [0, 0.05) is 36.2 Å². The van der Waals surface area contributed by atoms with E-state index in [4.69, 9.17) is 9.97 Å². The molecule has 28 heavy (non-hydrogen) atoms. The van der Waals surface area contributed by atoms with Crippen LogP contribution >= 0.6 is 12.4 Å². The Bertz CT molecular complexity index is 972. The number of anilines is 1. The van der Waals surface area contributed by atoms with E-state index in [1.807, 2.05) is 18.2 Å². The minimum absolute atomic E-state index is 0. The van der Waals surface area contributed by atoms with Crippen LogP contribution in [0.5, 0.6) is 0 Å². The molecule has 1 heterocycles. The fraction of sp³-hybridized carbons (Fsp3) is 0.333. The molecule has 0 saturated heterocycles. The van der Waals surface area contributed by atoms with Crippen molar-refractivity contribution in [2.75, 3.05) is 11.9 Å². The zero-order chi connectivity index (χ0) is 18.8. The van der Waals surface area contributed by atoms with Gasteiger partial charge in [0.1, 0.15) is 5.82 Å². The number of nitro benzene ring substituents is 1. The zero-order valence-electron chi connectivity index (χ0n) is 15.7. The summed E-state index contributed by atoms with van der Waals surface area (Å²) in [7, 11) is 2.12. The van der Waals surface area contributed by atoms with Gasteiger partial charge in [-0.1, -0.05) is 31.4 Å². The number of halogens is 1. The van der Waals surface area contributed by atoms with E-state index >= 15 is 0 Å². The molecule has 0 atom stereocenters.